The second-order valence-corrected chi connectivity index (χ2v) is 5.75. The third-order valence-electron chi connectivity index (χ3n) is 3.22. The van der Waals surface area contributed by atoms with Crippen LogP contribution in [0.4, 0.5) is 22.7 Å². The lowest BCUT2D eigenvalue weighted by Gasteiger charge is -2.21. The van der Waals surface area contributed by atoms with Gasteiger partial charge in [0.1, 0.15) is 11.4 Å². The summed E-state index contributed by atoms with van der Waals surface area (Å²) in [5.41, 5.74) is 0.334. The number of hydrogen-bond donors (Lipinski definition) is 1. The predicted octanol–water partition coefficient (Wildman–Crippen LogP) is 4.11. The van der Waals surface area contributed by atoms with Crippen molar-refractivity contribution in [1.82, 2.24) is 0 Å². The van der Waals surface area contributed by atoms with Crippen molar-refractivity contribution < 1.29 is 14.6 Å². The van der Waals surface area contributed by atoms with Crippen molar-refractivity contribution >= 4 is 34.5 Å². The molecule has 8 nitrogen and oxygen atoms in total. The van der Waals surface area contributed by atoms with E-state index in [2.05, 4.69) is 5.32 Å². The van der Waals surface area contributed by atoms with Crippen LogP contribution in [0, 0.1) is 20.2 Å². The van der Waals surface area contributed by atoms with Gasteiger partial charge in [0.25, 0.3) is 5.69 Å². The van der Waals surface area contributed by atoms with Gasteiger partial charge in [-0.3, -0.25) is 20.2 Å². The summed E-state index contributed by atoms with van der Waals surface area (Å²) < 4.78 is 5.43. The van der Waals surface area contributed by atoms with E-state index in [0.717, 1.165) is 11.0 Å². The van der Waals surface area contributed by atoms with E-state index < -0.39 is 9.85 Å². The molecule has 9 heteroatoms. The first-order valence-electron chi connectivity index (χ1n) is 6.68. The van der Waals surface area contributed by atoms with Crippen LogP contribution in [-0.4, -0.2) is 16.5 Å². The molecule has 1 heterocycles. The van der Waals surface area contributed by atoms with Crippen molar-refractivity contribution in [3.8, 4) is 5.75 Å². The molecule has 1 aliphatic rings. The van der Waals surface area contributed by atoms with Gasteiger partial charge in [-0.05, 0) is 25.1 Å². The van der Waals surface area contributed by atoms with Crippen LogP contribution in [0.3, 0.4) is 0 Å². The van der Waals surface area contributed by atoms with E-state index in [1.807, 2.05) is 6.92 Å². The number of nitrogens with zero attached hydrogens (tertiary/aromatic N) is 2. The Morgan fingerprint density at radius 1 is 1.13 bits per heavy atom. The number of fused-ring (bicyclic) bond motifs is 2. The van der Waals surface area contributed by atoms with Gasteiger partial charge in [0, 0.05) is 15.9 Å². The highest BCUT2D eigenvalue weighted by molar-refractivity contribution is 7.99. The maximum absolute atomic E-state index is 11.2. The molecular formula is C14H11N3O5S. The number of nitro benzene ring substituents is 2. The molecule has 23 heavy (non-hydrogen) atoms. The van der Waals surface area contributed by atoms with Gasteiger partial charge in [0.15, 0.2) is 0 Å². The van der Waals surface area contributed by atoms with Gasteiger partial charge >= 0.3 is 5.69 Å². The fourth-order valence-corrected chi connectivity index (χ4v) is 3.32. The van der Waals surface area contributed by atoms with Crippen molar-refractivity contribution in [2.24, 2.45) is 0 Å². The fraction of sp³-hybridized carbons (Fsp3) is 0.143. The Bertz CT molecular complexity index is 824. The highest BCUT2D eigenvalue weighted by Gasteiger charge is 2.28. The summed E-state index contributed by atoms with van der Waals surface area (Å²) in [6.07, 6.45) is 0. The number of nitro groups is 2. The van der Waals surface area contributed by atoms with Gasteiger partial charge in [0.2, 0.25) is 0 Å². The summed E-state index contributed by atoms with van der Waals surface area (Å²) in [6.45, 7) is 2.39. The topological polar surface area (TPSA) is 108 Å². The molecule has 1 N–H and O–H groups in total. The first kappa shape index (κ1) is 15.1. The minimum Gasteiger partial charge on any atom is -0.494 e. The van der Waals surface area contributed by atoms with E-state index in [1.165, 1.54) is 17.8 Å². The van der Waals surface area contributed by atoms with E-state index in [-0.39, 0.29) is 17.1 Å². The van der Waals surface area contributed by atoms with Crippen LogP contribution in [0.25, 0.3) is 0 Å². The fourth-order valence-electron chi connectivity index (χ4n) is 2.24. The van der Waals surface area contributed by atoms with E-state index in [4.69, 9.17) is 4.74 Å². The zero-order chi connectivity index (χ0) is 16.6. The molecule has 1 aliphatic heterocycles. The maximum Gasteiger partial charge on any atom is 0.300 e. The molecule has 3 rings (SSSR count). The lowest BCUT2D eigenvalue weighted by molar-refractivity contribution is -0.393. The van der Waals surface area contributed by atoms with E-state index in [0.29, 0.717) is 22.9 Å². The molecule has 0 bridgehead atoms. The first-order valence-corrected chi connectivity index (χ1v) is 7.49. The molecule has 2 aromatic rings. The van der Waals surface area contributed by atoms with E-state index >= 15 is 0 Å². The van der Waals surface area contributed by atoms with Crippen LogP contribution in [-0.2, 0) is 0 Å². The standard InChI is InChI=1S/C14H11N3O5S/c1-2-22-9-3-4-10-12(7-9)23-13-6-8(16(18)19)5-11(17(20)21)14(13)15-10/h3-7,15H,2H2,1H3. The minimum atomic E-state index is -0.639. The summed E-state index contributed by atoms with van der Waals surface area (Å²) in [5.74, 6) is 0.670. The minimum absolute atomic E-state index is 0.266. The predicted molar refractivity (Wildman–Crippen MR) is 84.8 cm³/mol. The van der Waals surface area contributed by atoms with Crippen molar-refractivity contribution in [3.63, 3.8) is 0 Å². The highest BCUT2D eigenvalue weighted by Crippen LogP contribution is 2.50. The summed E-state index contributed by atoms with van der Waals surface area (Å²) in [4.78, 5) is 22.2. The van der Waals surface area contributed by atoms with Crippen LogP contribution in [0.15, 0.2) is 40.1 Å². The molecule has 0 spiro atoms. The van der Waals surface area contributed by atoms with Crippen LogP contribution >= 0.6 is 11.8 Å². The van der Waals surface area contributed by atoms with Gasteiger partial charge in [0.05, 0.1) is 28.2 Å². The van der Waals surface area contributed by atoms with Crippen LogP contribution in [0.2, 0.25) is 0 Å². The second kappa shape index (κ2) is 5.76. The van der Waals surface area contributed by atoms with Crippen molar-refractivity contribution in [3.05, 3.63) is 50.6 Å². The lowest BCUT2D eigenvalue weighted by atomic mass is 10.2. The van der Waals surface area contributed by atoms with Gasteiger partial charge < -0.3 is 10.1 Å². The average molecular weight is 333 g/mol. The zero-order valence-electron chi connectivity index (χ0n) is 11.9. The Morgan fingerprint density at radius 3 is 2.57 bits per heavy atom. The Balaban J connectivity index is 2.09. The number of non-ortho nitro benzene ring substituents is 1. The Hall–Kier alpha value is -2.81. The second-order valence-electron chi connectivity index (χ2n) is 4.67. The third kappa shape index (κ3) is 2.78. The highest BCUT2D eigenvalue weighted by atomic mass is 32.2. The van der Waals surface area contributed by atoms with Crippen LogP contribution in [0.5, 0.6) is 5.75 Å². The Kier molecular flexibility index (Phi) is 3.78. The van der Waals surface area contributed by atoms with Crippen LogP contribution < -0.4 is 10.1 Å². The van der Waals surface area contributed by atoms with Gasteiger partial charge in [-0.2, -0.15) is 0 Å². The largest absolute Gasteiger partial charge is 0.494 e. The smallest absolute Gasteiger partial charge is 0.300 e. The number of ether oxygens (including phenoxy) is 1. The molecule has 0 unspecified atom stereocenters. The van der Waals surface area contributed by atoms with E-state index in [1.54, 1.807) is 18.2 Å². The summed E-state index contributed by atoms with van der Waals surface area (Å²) >= 11 is 1.23. The van der Waals surface area contributed by atoms with Crippen molar-refractivity contribution in [1.29, 1.82) is 0 Å². The zero-order valence-corrected chi connectivity index (χ0v) is 12.8. The molecule has 118 valence electrons. The normalized spacial score (nSPS) is 11.9. The van der Waals surface area contributed by atoms with Gasteiger partial charge in [-0.25, -0.2) is 0 Å². The van der Waals surface area contributed by atoms with E-state index in [9.17, 15) is 20.2 Å². The average Bonchev–Trinajstić information content (AvgIpc) is 2.51. The molecule has 0 aliphatic carbocycles. The molecule has 2 aromatic carbocycles. The summed E-state index contributed by atoms with van der Waals surface area (Å²) in [6, 6.07) is 7.62. The lowest BCUT2D eigenvalue weighted by Crippen LogP contribution is -2.05. The summed E-state index contributed by atoms with van der Waals surface area (Å²) in [5, 5.41) is 25.2. The molecule has 0 radical (unpaired) electrons. The molecular weight excluding hydrogens is 322 g/mol. The number of benzene rings is 2. The molecule has 0 atom stereocenters. The summed E-state index contributed by atoms with van der Waals surface area (Å²) in [7, 11) is 0. The molecule has 0 fully saturated rings. The van der Waals surface area contributed by atoms with Crippen molar-refractivity contribution in [2.45, 2.75) is 16.7 Å². The number of anilines is 2. The molecule has 0 saturated carbocycles. The quantitative estimate of drug-likeness (QED) is 0.565. The SMILES string of the molecule is CCOc1ccc2c(c1)Sc1cc([N+](=O)[O-])cc([N+](=O)[O-])c1N2. The molecule has 0 aromatic heterocycles. The number of rotatable bonds is 4. The number of nitrogens with one attached hydrogen (secondary N) is 1. The van der Waals surface area contributed by atoms with Crippen molar-refractivity contribution in [2.75, 3.05) is 11.9 Å². The van der Waals surface area contributed by atoms with Gasteiger partial charge in [-0.15, -0.1) is 0 Å². The Morgan fingerprint density at radius 2 is 1.91 bits per heavy atom. The number of hydrogen-bond acceptors (Lipinski definition) is 7. The maximum atomic E-state index is 11.2. The molecule has 0 amide bonds. The monoisotopic (exact) mass is 333 g/mol. The third-order valence-corrected chi connectivity index (χ3v) is 4.32. The Labute approximate surface area is 134 Å². The first-order chi connectivity index (χ1) is 11.0. The molecule has 0 saturated heterocycles. The van der Waals surface area contributed by atoms with Crippen LogP contribution in [0.1, 0.15) is 6.92 Å². The van der Waals surface area contributed by atoms with Gasteiger partial charge in [-0.1, -0.05) is 11.8 Å².